The summed E-state index contributed by atoms with van der Waals surface area (Å²) in [4.78, 5) is 10.6. The number of aryl methyl sites for hydroxylation is 1. The predicted octanol–water partition coefficient (Wildman–Crippen LogP) is 3.16. The Hall–Kier alpha value is -2.05. The first-order chi connectivity index (χ1) is 11.0. The van der Waals surface area contributed by atoms with Crippen LogP contribution in [0.1, 0.15) is 5.56 Å². The molecule has 0 atom stereocenters. The van der Waals surface area contributed by atoms with Gasteiger partial charge in [-0.05, 0) is 32.6 Å². The number of rotatable bonds is 7. The lowest BCUT2D eigenvalue weighted by atomic mass is 10.2. The van der Waals surface area contributed by atoms with Crippen LogP contribution in [0.4, 0.5) is 17.3 Å². The van der Waals surface area contributed by atoms with Gasteiger partial charge in [-0.1, -0.05) is 11.6 Å². The average molecular weight is 336 g/mol. The van der Waals surface area contributed by atoms with E-state index in [1.54, 1.807) is 13.2 Å². The molecule has 124 valence electrons. The molecule has 0 aliphatic carbocycles. The van der Waals surface area contributed by atoms with Crippen molar-refractivity contribution in [3.8, 4) is 5.75 Å². The fourth-order valence-electron chi connectivity index (χ4n) is 2.00. The Morgan fingerprint density at radius 3 is 2.61 bits per heavy atom. The van der Waals surface area contributed by atoms with E-state index in [9.17, 15) is 0 Å². The molecule has 0 fully saturated rings. The summed E-state index contributed by atoms with van der Waals surface area (Å²) in [5, 5.41) is 7.18. The molecule has 0 unspecified atom stereocenters. The summed E-state index contributed by atoms with van der Waals surface area (Å²) >= 11 is 6.13. The number of benzene rings is 1. The Morgan fingerprint density at radius 2 is 1.91 bits per heavy atom. The number of ether oxygens (including phenoxy) is 1. The van der Waals surface area contributed by atoms with Crippen LogP contribution < -0.4 is 15.4 Å². The number of likely N-dealkylation sites (N-methyl/N-ethyl adjacent to an activating group) is 1. The normalized spacial score (nSPS) is 10.7. The lowest BCUT2D eigenvalue weighted by molar-refractivity contribution is 0.416. The smallest absolute Gasteiger partial charge is 0.143 e. The van der Waals surface area contributed by atoms with Gasteiger partial charge in [0, 0.05) is 30.2 Å². The van der Waals surface area contributed by atoms with Gasteiger partial charge in [-0.3, -0.25) is 0 Å². The van der Waals surface area contributed by atoms with Crippen LogP contribution in [0.2, 0.25) is 5.02 Å². The van der Waals surface area contributed by atoms with E-state index in [1.165, 1.54) is 6.33 Å². The zero-order valence-electron chi connectivity index (χ0n) is 13.9. The predicted molar refractivity (Wildman–Crippen MR) is 95.1 cm³/mol. The van der Waals surface area contributed by atoms with Crippen molar-refractivity contribution in [2.75, 3.05) is 44.9 Å². The highest BCUT2D eigenvalue weighted by Gasteiger charge is 2.08. The first kappa shape index (κ1) is 17.3. The molecule has 0 saturated heterocycles. The molecule has 23 heavy (non-hydrogen) atoms. The van der Waals surface area contributed by atoms with Crippen molar-refractivity contribution < 1.29 is 4.74 Å². The summed E-state index contributed by atoms with van der Waals surface area (Å²) in [5.41, 5.74) is 1.78. The standard InChI is InChI=1S/C16H22ClN5O/c1-11-7-13(14(23-4)8-12(11)17)21-16-9-15(19-10-20-16)18-5-6-22(2)3/h7-10H,5-6H2,1-4H3,(H2,18,19,20,21). The third-order valence-corrected chi connectivity index (χ3v) is 3.68. The van der Waals surface area contributed by atoms with Gasteiger partial charge in [0.15, 0.2) is 0 Å². The van der Waals surface area contributed by atoms with Crippen LogP contribution in [0.5, 0.6) is 5.75 Å². The van der Waals surface area contributed by atoms with Crippen molar-refractivity contribution in [3.63, 3.8) is 0 Å². The molecular formula is C16H22ClN5O. The van der Waals surface area contributed by atoms with Crippen LogP contribution in [0.15, 0.2) is 24.5 Å². The average Bonchev–Trinajstić information content (AvgIpc) is 2.51. The summed E-state index contributed by atoms with van der Waals surface area (Å²) in [6.07, 6.45) is 1.52. The Bertz CT molecular complexity index is 663. The number of nitrogens with zero attached hydrogens (tertiary/aromatic N) is 3. The number of anilines is 3. The zero-order valence-corrected chi connectivity index (χ0v) is 14.6. The first-order valence-electron chi connectivity index (χ1n) is 7.31. The number of methoxy groups -OCH3 is 1. The molecule has 0 saturated carbocycles. The molecule has 2 rings (SSSR count). The lowest BCUT2D eigenvalue weighted by Gasteiger charge is -2.14. The van der Waals surface area contributed by atoms with Gasteiger partial charge in [0.25, 0.3) is 0 Å². The fraction of sp³-hybridized carbons (Fsp3) is 0.375. The molecule has 0 amide bonds. The summed E-state index contributed by atoms with van der Waals surface area (Å²) in [6, 6.07) is 5.58. The zero-order chi connectivity index (χ0) is 16.8. The topological polar surface area (TPSA) is 62.3 Å². The largest absolute Gasteiger partial charge is 0.495 e. The Morgan fingerprint density at radius 1 is 1.17 bits per heavy atom. The van der Waals surface area contributed by atoms with Crippen molar-refractivity contribution in [1.29, 1.82) is 0 Å². The fourth-order valence-corrected chi connectivity index (χ4v) is 2.15. The number of aromatic nitrogens is 2. The molecular weight excluding hydrogens is 314 g/mol. The summed E-state index contributed by atoms with van der Waals surface area (Å²) < 4.78 is 5.36. The van der Waals surface area contributed by atoms with Crippen LogP contribution >= 0.6 is 11.6 Å². The monoisotopic (exact) mass is 335 g/mol. The Kier molecular flexibility index (Phi) is 6.01. The number of nitrogens with one attached hydrogen (secondary N) is 2. The van der Waals surface area contributed by atoms with Gasteiger partial charge >= 0.3 is 0 Å². The maximum Gasteiger partial charge on any atom is 0.143 e. The van der Waals surface area contributed by atoms with E-state index in [-0.39, 0.29) is 0 Å². The van der Waals surface area contributed by atoms with E-state index in [0.29, 0.717) is 16.6 Å². The highest BCUT2D eigenvalue weighted by atomic mass is 35.5. The minimum absolute atomic E-state index is 0.668. The van der Waals surface area contributed by atoms with Crippen molar-refractivity contribution in [2.24, 2.45) is 0 Å². The van der Waals surface area contributed by atoms with Gasteiger partial charge in [-0.15, -0.1) is 0 Å². The number of hydrogen-bond donors (Lipinski definition) is 2. The lowest BCUT2D eigenvalue weighted by Crippen LogP contribution is -2.21. The summed E-state index contributed by atoms with van der Waals surface area (Å²) in [5.74, 6) is 2.13. The SMILES string of the molecule is COc1cc(Cl)c(C)cc1Nc1cc(NCCN(C)C)ncn1. The molecule has 6 nitrogen and oxygen atoms in total. The Labute approximate surface area is 141 Å². The summed E-state index contributed by atoms with van der Waals surface area (Å²) in [7, 11) is 5.67. The van der Waals surface area contributed by atoms with Gasteiger partial charge < -0.3 is 20.3 Å². The second kappa shape index (κ2) is 7.99. The number of hydrogen-bond acceptors (Lipinski definition) is 6. The van der Waals surface area contributed by atoms with E-state index in [0.717, 1.165) is 30.2 Å². The number of halogens is 1. The van der Waals surface area contributed by atoms with Crippen LogP contribution in [0, 0.1) is 6.92 Å². The van der Waals surface area contributed by atoms with Crippen LogP contribution in [-0.2, 0) is 0 Å². The highest BCUT2D eigenvalue weighted by Crippen LogP contribution is 2.32. The van der Waals surface area contributed by atoms with Crippen LogP contribution in [-0.4, -0.2) is 49.2 Å². The minimum Gasteiger partial charge on any atom is -0.495 e. The molecule has 1 heterocycles. The Balaban J connectivity index is 2.13. The maximum atomic E-state index is 6.13. The van der Waals surface area contributed by atoms with E-state index < -0.39 is 0 Å². The first-order valence-corrected chi connectivity index (χ1v) is 7.69. The minimum atomic E-state index is 0.668. The van der Waals surface area contributed by atoms with Gasteiger partial charge in [0.2, 0.25) is 0 Å². The summed E-state index contributed by atoms with van der Waals surface area (Å²) in [6.45, 7) is 3.69. The second-order valence-electron chi connectivity index (χ2n) is 5.45. The molecule has 1 aromatic carbocycles. The van der Waals surface area contributed by atoms with Crippen molar-refractivity contribution in [1.82, 2.24) is 14.9 Å². The quantitative estimate of drug-likeness (QED) is 0.810. The van der Waals surface area contributed by atoms with Gasteiger partial charge in [0.1, 0.15) is 23.7 Å². The molecule has 7 heteroatoms. The third-order valence-electron chi connectivity index (χ3n) is 3.28. The molecule has 1 aromatic heterocycles. The van der Waals surface area contributed by atoms with Crippen molar-refractivity contribution in [2.45, 2.75) is 6.92 Å². The third kappa shape index (κ3) is 4.97. The van der Waals surface area contributed by atoms with Crippen LogP contribution in [0.25, 0.3) is 0 Å². The molecule has 0 bridgehead atoms. The molecule has 0 aliphatic heterocycles. The molecule has 2 N–H and O–H groups in total. The van der Waals surface area contributed by atoms with Gasteiger partial charge in [-0.25, -0.2) is 9.97 Å². The van der Waals surface area contributed by atoms with E-state index in [4.69, 9.17) is 16.3 Å². The molecule has 0 radical (unpaired) electrons. The molecule has 0 spiro atoms. The molecule has 0 aliphatic rings. The van der Waals surface area contributed by atoms with Gasteiger partial charge in [-0.2, -0.15) is 0 Å². The van der Waals surface area contributed by atoms with E-state index in [1.807, 2.05) is 33.2 Å². The molecule has 2 aromatic rings. The van der Waals surface area contributed by atoms with Crippen molar-refractivity contribution >= 4 is 28.9 Å². The second-order valence-corrected chi connectivity index (χ2v) is 5.85. The maximum absolute atomic E-state index is 6.13. The van der Waals surface area contributed by atoms with Gasteiger partial charge in [0.05, 0.1) is 12.8 Å². The van der Waals surface area contributed by atoms with Crippen LogP contribution in [0.3, 0.4) is 0 Å². The highest BCUT2D eigenvalue weighted by molar-refractivity contribution is 6.31. The van der Waals surface area contributed by atoms with Crippen molar-refractivity contribution in [3.05, 3.63) is 35.1 Å². The van der Waals surface area contributed by atoms with E-state index in [2.05, 4.69) is 25.5 Å². The van der Waals surface area contributed by atoms with E-state index >= 15 is 0 Å².